The minimum absolute atomic E-state index is 0.850. The molecule has 1 aromatic carbocycles. The summed E-state index contributed by atoms with van der Waals surface area (Å²) in [6.45, 7) is 6.31. The van der Waals surface area contributed by atoms with Gasteiger partial charge in [0.25, 0.3) is 0 Å². The van der Waals surface area contributed by atoms with Gasteiger partial charge in [-0.25, -0.2) is 0 Å². The second kappa shape index (κ2) is 5.99. The lowest BCUT2D eigenvalue weighted by Gasteiger charge is -2.26. The normalized spacial score (nSPS) is 16.6. The zero-order valence-electron chi connectivity index (χ0n) is 11.1. The van der Waals surface area contributed by atoms with E-state index >= 15 is 0 Å². The zero-order valence-corrected chi connectivity index (χ0v) is 11.1. The standard InChI is InChI=1S/C15H20N4/c1-2-4-14(5-3-1)12-19-13-15(10-17-19)11-18-8-6-16-7-9-18/h1-5,10,13,16H,6-9,11-12H2. The van der Waals surface area contributed by atoms with Crippen LogP contribution in [0, 0.1) is 0 Å². The van der Waals surface area contributed by atoms with Gasteiger partial charge < -0.3 is 5.32 Å². The lowest BCUT2D eigenvalue weighted by atomic mass is 10.2. The summed E-state index contributed by atoms with van der Waals surface area (Å²) in [4.78, 5) is 2.47. The van der Waals surface area contributed by atoms with Crippen LogP contribution in [0.2, 0.25) is 0 Å². The van der Waals surface area contributed by atoms with Crippen LogP contribution in [0.15, 0.2) is 42.7 Å². The smallest absolute Gasteiger partial charge is 0.0659 e. The van der Waals surface area contributed by atoms with Gasteiger partial charge in [-0.15, -0.1) is 0 Å². The second-order valence-corrected chi connectivity index (χ2v) is 5.06. The molecule has 0 saturated carbocycles. The van der Waals surface area contributed by atoms with E-state index in [1.807, 2.05) is 16.9 Å². The molecule has 19 heavy (non-hydrogen) atoms. The number of piperazine rings is 1. The van der Waals surface area contributed by atoms with Crippen LogP contribution in [0.4, 0.5) is 0 Å². The third-order valence-electron chi connectivity index (χ3n) is 3.49. The highest BCUT2D eigenvalue weighted by Gasteiger charge is 2.10. The van der Waals surface area contributed by atoms with E-state index in [1.54, 1.807) is 0 Å². The van der Waals surface area contributed by atoms with Gasteiger partial charge in [0.05, 0.1) is 12.7 Å². The van der Waals surface area contributed by atoms with E-state index in [4.69, 9.17) is 0 Å². The molecule has 0 unspecified atom stereocenters. The Hall–Kier alpha value is -1.65. The Kier molecular flexibility index (Phi) is 3.91. The van der Waals surface area contributed by atoms with Gasteiger partial charge in [-0.2, -0.15) is 5.10 Å². The molecule has 0 aliphatic carbocycles. The summed E-state index contributed by atoms with van der Waals surface area (Å²) in [7, 11) is 0. The van der Waals surface area contributed by atoms with Crippen molar-refractivity contribution in [2.24, 2.45) is 0 Å². The number of aromatic nitrogens is 2. The Labute approximate surface area is 114 Å². The van der Waals surface area contributed by atoms with Crippen molar-refractivity contribution in [1.82, 2.24) is 20.0 Å². The number of nitrogens with zero attached hydrogens (tertiary/aromatic N) is 3. The highest BCUT2D eigenvalue weighted by molar-refractivity contribution is 5.15. The Bertz CT molecular complexity index is 500. The van der Waals surface area contributed by atoms with Gasteiger partial charge in [0.15, 0.2) is 0 Å². The molecule has 0 radical (unpaired) electrons. The van der Waals surface area contributed by atoms with E-state index in [0.29, 0.717) is 0 Å². The predicted octanol–water partition coefficient (Wildman–Crippen LogP) is 1.34. The van der Waals surface area contributed by atoms with E-state index in [9.17, 15) is 0 Å². The molecular weight excluding hydrogens is 236 g/mol. The van der Waals surface area contributed by atoms with Crippen LogP contribution in [-0.4, -0.2) is 40.9 Å². The summed E-state index contributed by atoms with van der Waals surface area (Å²) in [6, 6.07) is 10.5. The monoisotopic (exact) mass is 256 g/mol. The molecule has 100 valence electrons. The van der Waals surface area contributed by atoms with Crippen molar-refractivity contribution >= 4 is 0 Å². The number of nitrogens with one attached hydrogen (secondary N) is 1. The van der Waals surface area contributed by atoms with Crippen LogP contribution in [0.1, 0.15) is 11.1 Å². The largest absolute Gasteiger partial charge is 0.314 e. The zero-order chi connectivity index (χ0) is 12.9. The second-order valence-electron chi connectivity index (χ2n) is 5.06. The van der Waals surface area contributed by atoms with Gasteiger partial charge in [0, 0.05) is 44.5 Å². The molecule has 2 heterocycles. The average Bonchev–Trinajstić information content (AvgIpc) is 2.88. The fourth-order valence-electron chi connectivity index (χ4n) is 2.47. The summed E-state index contributed by atoms with van der Waals surface area (Å²) < 4.78 is 2.02. The molecular formula is C15H20N4. The summed E-state index contributed by atoms with van der Waals surface area (Å²) >= 11 is 0. The van der Waals surface area contributed by atoms with Crippen molar-refractivity contribution in [3.63, 3.8) is 0 Å². The fraction of sp³-hybridized carbons (Fsp3) is 0.400. The SMILES string of the molecule is c1ccc(Cn2cc(CN3CCNCC3)cn2)cc1. The molecule has 1 aromatic heterocycles. The van der Waals surface area contributed by atoms with Crippen molar-refractivity contribution in [2.75, 3.05) is 26.2 Å². The lowest BCUT2D eigenvalue weighted by molar-refractivity contribution is 0.233. The maximum absolute atomic E-state index is 4.45. The predicted molar refractivity (Wildman–Crippen MR) is 75.9 cm³/mol. The van der Waals surface area contributed by atoms with Crippen LogP contribution >= 0.6 is 0 Å². The summed E-state index contributed by atoms with van der Waals surface area (Å²) in [5.41, 5.74) is 2.59. The molecule has 0 amide bonds. The third-order valence-corrected chi connectivity index (χ3v) is 3.49. The molecule has 3 rings (SSSR count). The van der Waals surface area contributed by atoms with E-state index in [-0.39, 0.29) is 0 Å². The quantitative estimate of drug-likeness (QED) is 0.896. The van der Waals surface area contributed by atoms with Crippen LogP contribution in [-0.2, 0) is 13.1 Å². The summed E-state index contributed by atoms with van der Waals surface area (Å²) in [5, 5.41) is 7.83. The molecule has 2 aromatic rings. The molecule has 0 spiro atoms. The van der Waals surface area contributed by atoms with Gasteiger partial charge in [0.1, 0.15) is 0 Å². The molecule has 0 bridgehead atoms. The van der Waals surface area contributed by atoms with E-state index in [2.05, 4.69) is 45.8 Å². The molecule has 1 aliphatic heterocycles. The van der Waals surface area contributed by atoms with Gasteiger partial charge in [0.2, 0.25) is 0 Å². The highest BCUT2D eigenvalue weighted by Crippen LogP contribution is 2.07. The van der Waals surface area contributed by atoms with Crippen molar-refractivity contribution in [3.05, 3.63) is 53.9 Å². The van der Waals surface area contributed by atoms with Crippen molar-refractivity contribution in [1.29, 1.82) is 0 Å². The highest BCUT2D eigenvalue weighted by atomic mass is 15.3. The topological polar surface area (TPSA) is 33.1 Å². The lowest BCUT2D eigenvalue weighted by Crippen LogP contribution is -2.42. The molecule has 4 nitrogen and oxygen atoms in total. The average molecular weight is 256 g/mol. The molecule has 4 heteroatoms. The summed E-state index contributed by atoms with van der Waals surface area (Å²) in [5.74, 6) is 0. The molecule has 1 fully saturated rings. The molecule has 0 atom stereocenters. The first-order chi connectivity index (χ1) is 9.40. The van der Waals surface area contributed by atoms with Gasteiger partial charge in [-0.3, -0.25) is 9.58 Å². The summed E-state index contributed by atoms with van der Waals surface area (Å²) in [6.07, 6.45) is 4.15. The first-order valence-electron chi connectivity index (χ1n) is 6.88. The molecule has 1 aliphatic rings. The van der Waals surface area contributed by atoms with Crippen molar-refractivity contribution in [2.45, 2.75) is 13.1 Å². The Morgan fingerprint density at radius 3 is 2.58 bits per heavy atom. The van der Waals surface area contributed by atoms with E-state index < -0.39 is 0 Å². The number of hydrogen-bond acceptors (Lipinski definition) is 3. The van der Waals surface area contributed by atoms with Crippen LogP contribution in [0.3, 0.4) is 0 Å². The Morgan fingerprint density at radius 1 is 1.00 bits per heavy atom. The van der Waals surface area contributed by atoms with Crippen molar-refractivity contribution < 1.29 is 0 Å². The van der Waals surface area contributed by atoms with Crippen molar-refractivity contribution in [3.8, 4) is 0 Å². The first kappa shape index (κ1) is 12.4. The minimum Gasteiger partial charge on any atom is -0.314 e. The Balaban J connectivity index is 1.59. The fourth-order valence-corrected chi connectivity index (χ4v) is 2.47. The Morgan fingerprint density at radius 2 is 1.79 bits per heavy atom. The van der Waals surface area contributed by atoms with Crippen LogP contribution in [0.5, 0.6) is 0 Å². The maximum atomic E-state index is 4.45. The number of rotatable bonds is 4. The van der Waals surface area contributed by atoms with Gasteiger partial charge in [-0.1, -0.05) is 30.3 Å². The van der Waals surface area contributed by atoms with Crippen LogP contribution < -0.4 is 5.32 Å². The third kappa shape index (κ3) is 3.43. The number of hydrogen-bond donors (Lipinski definition) is 1. The van der Waals surface area contributed by atoms with Crippen LogP contribution in [0.25, 0.3) is 0 Å². The maximum Gasteiger partial charge on any atom is 0.0659 e. The van der Waals surface area contributed by atoms with Gasteiger partial charge in [-0.05, 0) is 5.56 Å². The van der Waals surface area contributed by atoms with E-state index in [0.717, 1.165) is 39.3 Å². The number of benzene rings is 1. The van der Waals surface area contributed by atoms with Gasteiger partial charge >= 0.3 is 0 Å². The minimum atomic E-state index is 0.850. The molecule has 1 saturated heterocycles. The van der Waals surface area contributed by atoms with E-state index in [1.165, 1.54) is 11.1 Å². The first-order valence-corrected chi connectivity index (χ1v) is 6.88. The molecule has 1 N–H and O–H groups in total.